The van der Waals surface area contributed by atoms with Gasteiger partial charge in [0.15, 0.2) is 0 Å². The lowest BCUT2D eigenvalue weighted by Gasteiger charge is -2.12. The summed E-state index contributed by atoms with van der Waals surface area (Å²) in [6.45, 7) is 5.83. The van der Waals surface area contributed by atoms with Crippen LogP contribution in [0.4, 0.5) is 5.82 Å². The minimum atomic E-state index is -0.00828. The Labute approximate surface area is 109 Å². The van der Waals surface area contributed by atoms with Crippen molar-refractivity contribution in [1.29, 1.82) is 0 Å². The fourth-order valence-corrected chi connectivity index (χ4v) is 1.74. The molecule has 0 aromatic carbocycles. The Balaban J connectivity index is 2.40. The van der Waals surface area contributed by atoms with Crippen LogP contribution in [0.25, 0.3) is 0 Å². The third-order valence-electron chi connectivity index (χ3n) is 2.88. The van der Waals surface area contributed by atoms with Crippen LogP contribution in [0.1, 0.15) is 38.8 Å². The molecule has 0 spiro atoms. The van der Waals surface area contributed by atoms with Crippen molar-refractivity contribution in [3.63, 3.8) is 0 Å². The number of hydrogen-bond acceptors (Lipinski definition) is 3. The van der Waals surface area contributed by atoms with Crippen molar-refractivity contribution < 1.29 is 4.79 Å². The Morgan fingerprint density at radius 2 is 2.11 bits per heavy atom. The van der Waals surface area contributed by atoms with Gasteiger partial charge in [-0.1, -0.05) is 19.4 Å². The summed E-state index contributed by atoms with van der Waals surface area (Å²) in [5.41, 5.74) is 6.58. The summed E-state index contributed by atoms with van der Waals surface area (Å²) in [4.78, 5) is 16.2. The first kappa shape index (κ1) is 14.6. The molecule has 0 saturated carbocycles. The first-order valence-corrected chi connectivity index (χ1v) is 6.49. The van der Waals surface area contributed by atoms with Gasteiger partial charge in [0, 0.05) is 17.7 Å². The summed E-state index contributed by atoms with van der Waals surface area (Å²) < 4.78 is 0. The van der Waals surface area contributed by atoms with Crippen LogP contribution in [0, 0.1) is 12.8 Å². The highest BCUT2D eigenvalue weighted by Crippen LogP contribution is 2.12. The minimum absolute atomic E-state index is 0.00828. The fourth-order valence-electron chi connectivity index (χ4n) is 1.74. The highest BCUT2D eigenvalue weighted by atomic mass is 16.1. The zero-order chi connectivity index (χ0) is 13.5. The average Bonchev–Trinajstić information content (AvgIpc) is 2.28. The zero-order valence-electron chi connectivity index (χ0n) is 11.4. The Hall–Kier alpha value is -1.42. The molecule has 0 aliphatic heterocycles. The van der Waals surface area contributed by atoms with E-state index in [0.29, 0.717) is 5.82 Å². The molecule has 18 heavy (non-hydrogen) atoms. The van der Waals surface area contributed by atoms with Crippen molar-refractivity contribution in [2.45, 2.75) is 46.1 Å². The number of amides is 1. The molecule has 1 aromatic rings. The fraction of sp³-hybridized carbons (Fsp3) is 0.571. The van der Waals surface area contributed by atoms with Crippen molar-refractivity contribution in [1.82, 2.24) is 4.98 Å². The topological polar surface area (TPSA) is 68.0 Å². The van der Waals surface area contributed by atoms with Crippen LogP contribution in [0.3, 0.4) is 0 Å². The number of hydrogen-bond donors (Lipinski definition) is 2. The molecule has 4 nitrogen and oxygen atoms in total. The zero-order valence-corrected chi connectivity index (χ0v) is 11.4. The van der Waals surface area contributed by atoms with Gasteiger partial charge in [0.25, 0.3) is 0 Å². The van der Waals surface area contributed by atoms with Gasteiger partial charge in [-0.15, -0.1) is 0 Å². The molecule has 100 valence electrons. The molecule has 1 heterocycles. The van der Waals surface area contributed by atoms with Crippen LogP contribution < -0.4 is 11.1 Å². The number of rotatable bonds is 6. The Kier molecular flexibility index (Phi) is 5.78. The van der Waals surface area contributed by atoms with Gasteiger partial charge in [0.2, 0.25) is 5.91 Å². The SMILES string of the molecule is Cc1cccc(NC(=O)C(C)CCCC(C)N)n1. The normalized spacial score (nSPS) is 14.0. The molecule has 0 fully saturated rings. The number of nitrogens with one attached hydrogen (secondary N) is 1. The van der Waals surface area contributed by atoms with E-state index in [2.05, 4.69) is 10.3 Å². The van der Waals surface area contributed by atoms with E-state index >= 15 is 0 Å². The van der Waals surface area contributed by atoms with Crippen molar-refractivity contribution in [3.8, 4) is 0 Å². The maximum Gasteiger partial charge on any atom is 0.228 e. The molecule has 3 N–H and O–H groups in total. The lowest BCUT2D eigenvalue weighted by atomic mass is 10.0. The van der Waals surface area contributed by atoms with Crippen LogP contribution in [0.2, 0.25) is 0 Å². The molecule has 0 saturated heterocycles. The van der Waals surface area contributed by atoms with E-state index in [-0.39, 0.29) is 17.9 Å². The van der Waals surface area contributed by atoms with Gasteiger partial charge in [-0.25, -0.2) is 4.98 Å². The molecular formula is C14H23N3O. The summed E-state index contributed by atoms with van der Waals surface area (Å²) in [6.07, 6.45) is 2.80. The highest BCUT2D eigenvalue weighted by Gasteiger charge is 2.13. The Bertz CT molecular complexity index is 390. The number of anilines is 1. The molecule has 0 aliphatic carbocycles. The van der Waals surface area contributed by atoms with Crippen LogP contribution in [-0.4, -0.2) is 16.9 Å². The largest absolute Gasteiger partial charge is 0.328 e. The molecule has 1 rings (SSSR count). The van der Waals surface area contributed by atoms with E-state index in [0.717, 1.165) is 25.0 Å². The quantitative estimate of drug-likeness (QED) is 0.814. The van der Waals surface area contributed by atoms with E-state index < -0.39 is 0 Å². The number of carbonyl (C=O) groups is 1. The van der Waals surface area contributed by atoms with E-state index in [1.54, 1.807) is 6.07 Å². The summed E-state index contributed by atoms with van der Waals surface area (Å²) in [5, 5.41) is 2.84. The lowest BCUT2D eigenvalue weighted by molar-refractivity contribution is -0.119. The minimum Gasteiger partial charge on any atom is -0.328 e. The number of nitrogens with zero attached hydrogens (tertiary/aromatic N) is 1. The smallest absolute Gasteiger partial charge is 0.228 e. The van der Waals surface area contributed by atoms with Gasteiger partial charge < -0.3 is 11.1 Å². The van der Waals surface area contributed by atoms with Crippen LogP contribution in [0.5, 0.6) is 0 Å². The number of pyridine rings is 1. The highest BCUT2D eigenvalue weighted by molar-refractivity contribution is 5.91. The van der Waals surface area contributed by atoms with Crippen molar-refractivity contribution >= 4 is 11.7 Å². The first-order valence-electron chi connectivity index (χ1n) is 6.49. The van der Waals surface area contributed by atoms with Crippen LogP contribution in [-0.2, 0) is 4.79 Å². The molecule has 0 radical (unpaired) electrons. The van der Waals surface area contributed by atoms with Crippen molar-refractivity contribution in [2.24, 2.45) is 11.7 Å². The second-order valence-electron chi connectivity index (χ2n) is 4.96. The van der Waals surface area contributed by atoms with Crippen LogP contribution >= 0.6 is 0 Å². The maximum atomic E-state index is 11.9. The molecule has 1 amide bonds. The van der Waals surface area contributed by atoms with Gasteiger partial charge in [-0.05, 0) is 38.8 Å². The van der Waals surface area contributed by atoms with E-state index in [9.17, 15) is 4.79 Å². The Morgan fingerprint density at radius 1 is 1.39 bits per heavy atom. The second-order valence-corrected chi connectivity index (χ2v) is 4.96. The molecule has 0 aliphatic rings. The van der Waals surface area contributed by atoms with E-state index in [1.807, 2.05) is 32.9 Å². The summed E-state index contributed by atoms with van der Waals surface area (Å²) in [7, 11) is 0. The van der Waals surface area contributed by atoms with Gasteiger partial charge in [-0.3, -0.25) is 4.79 Å². The van der Waals surface area contributed by atoms with E-state index in [1.165, 1.54) is 0 Å². The maximum absolute atomic E-state index is 11.9. The molecule has 2 unspecified atom stereocenters. The van der Waals surface area contributed by atoms with Gasteiger partial charge in [0.1, 0.15) is 5.82 Å². The monoisotopic (exact) mass is 249 g/mol. The molecule has 2 atom stereocenters. The molecule has 1 aromatic heterocycles. The number of aromatic nitrogens is 1. The van der Waals surface area contributed by atoms with E-state index in [4.69, 9.17) is 5.73 Å². The van der Waals surface area contributed by atoms with Crippen molar-refractivity contribution in [3.05, 3.63) is 23.9 Å². The predicted octanol–water partition coefficient (Wildman–Crippen LogP) is 2.48. The third-order valence-corrected chi connectivity index (χ3v) is 2.88. The summed E-state index contributed by atoms with van der Waals surface area (Å²) >= 11 is 0. The molecule has 4 heteroatoms. The number of carbonyl (C=O) groups excluding carboxylic acids is 1. The first-order chi connectivity index (χ1) is 8.49. The standard InChI is InChI=1S/C14H23N3O/c1-10(6-4-7-11(2)15)14(18)17-13-9-5-8-12(3)16-13/h5,8-11H,4,6-7,15H2,1-3H3,(H,16,17,18). The third kappa shape index (κ3) is 5.27. The predicted molar refractivity (Wildman–Crippen MR) is 74.3 cm³/mol. The number of aryl methyl sites for hydroxylation is 1. The lowest BCUT2D eigenvalue weighted by Crippen LogP contribution is -2.22. The number of nitrogens with two attached hydrogens (primary N) is 1. The molecule has 0 bridgehead atoms. The van der Waals surface area contributed by atoms with Crippen molar-refractivity contribution in [2.75, 3.05) is 5.32 Å². The average molecular weight is 249 g/mol. The van der Waals surface area contributed by atoms with Gasteiger partial charge in [0.05, 0.1) is 0 Å². The van der Waals surface area contributed by atoms with Crippen LogP contribution in [0.15, 0.2) is 18.2 Å². The molecular weight excluding hydrogens is 226 g/mol. The Morgan fingerprint density at radius 3 is 2.72 bits per heavy atom. The summed E-state index contributed by atoms with van der Waals surface area (Å²) in [6, 6.07) is 5.80. The second kappa shape index (κ2) is 7.11. The van der Waals surface area contributed by atoms with Gasteiger partial charge >= 0.3 is 0 Å². The van der Waals surface area contributed by atoms with Gasteiger partial charge in [-0.2, -0.15) is 0 Å². The summed E-state index contributed by atoms with van der Waals surface area (Å²) in [5.74, 6) is 0.642.